The minimum absolute atomic E-state index is 0.00119. The van der Waals surface area contributed by atoms with Gasteiger partial charge in [0.15, 0.2) is 6.61 Å². The zero-order chi connectivity index (χ0) is 21.6. The maximum atomic E-state index is 13.4. The Bertz CT molecular complexity index is 1130. The van der Waals surface area contributed by atoms with Crippen molar-refractivity contribution >= 4 is 29.1 Å². The maximum absolute atomic E-state index is 13.4. The summed E-state index contributed by atoms with van der Waals surface area (Å²) in [7, 11) is 0. The van der Waals surface area contributed by atoms with E-state index in [0.29, 0.717) is 35.9 Å². The maximum Gasteiger partial charge on any atom is 0.420 e. The zero-order valence-electron chi connectivity index (χ0n) is 16.0. The summed E-state index contributed by atoms with van der Waals surface area (Å²) >= 11 is 11.5. The van der Waals surface area contributed by atoms with E-state index in [1.54, 1.807) is 24.3 Å². The van der Waals surface area contributed by atoms with Crippen LogP contribution in [-0.2, 0) is 10.2 Å². The smallest absolute Gasteiger partial charge is 0.420 e. The Labute approximate surface area is 186 Å². The van der Waals surface area contributed by atoms with Gasteiger partial charge in [-0.15, -0.1) is 5.10 Å². The second-order valence-corrected chi connectivity index (χ2v) is 8.78. The van der Waals surface area contributed by atoms with E-state index in [2.05, 4.69) is 15.5 Å². The molecule has 2 bridgehead atoms. The van der Waals surface area contributed by atoms with Gasteiger partial charge in [-0.2, -0.15) is 0 Å². The number of hydrogen-bond acceptors (Lipinski definition) is 6. The van der Waals surface area contributed by atoms with Gasteiger partial charge in [0.2, 0.25) is 5.89 Å². The Morgan fingerprint density at radius 1 is 1.10 bits per heavy atom. The van der Waals surface area contributed by atoms with Crippen LogP contribution in [0.2, 0.25) is 10.0 Å². The molecule has 3 saturated carbocycles. The molecule has 0 spiro atoms. The van der Waals surface area contributed by atoms with Gasteiger partial charge in [-0.25, -0.2) is 4.39 Å². The predicted octanol–water partition coefficient (Wildman–Crippen LogP) is 4.68. The van der Waals surface area contributed by atoms with Crippen molar-refractivity contribution in [3.05, 3.63) is 64.2 Å². The molecular formula is C21H16Cl2FN3O4. The fourth-order valence-electron chi connectivity index (χ4n) is 4.26. The topological polar surface area (TPSA) is 86.5 Å². The summed E-state index contributed by atoms with van der Waals surface area (Å²) < 4.78 is 30.0. The van der Waals surface area contributed by atoms with Gasteiger partial charge in [0.05, 0.1) is 10.4 Å². The summed E-state index contributed by atoms with van der Waals surface area (Å²) in [6, 6.07) is 10.9. The number of amides is 1. The highest BCUT2D eigenvalue weighted by atomic mass is 35.5. The highest BCUT2D eigenvalue weighted by Crippen LogP contribution is 2.67. The number of halogens is 3. The number of ether oxygens (including phenoxy) is 2. The minimum Gasteiger partial charge on any atom is -0.484 e. The van der Waals surface area contributed by atoms with Gasteiger partial charge < -0.3 is 19.2 Å². The van der Waals surface area contributed by atoms with Crippen LogP contribution in [0.5, 0.6) is 17.6 Å². The summed E-state index contributed by atoms with van der Waals surface area (Å²) in [4.78, 5) is 12.2. The second-order valence-electron chi connectivity index (χ2n) is 7.93. The highest BCUT2D eigenvalue weighted by molar-refractivity contribution is 6.30. The first-order valence-corrected chi connectivity index (χ1v) is 10.3. The number of benzene rings is 2. The summed E-state index contributed by atoms with van der Waals surface area (Å²) in [6.45, 7) is -0.213. The third kappa shape index (κ3) is 3.81. The largest absolute Gasteiger partial charge is 0.484 e. The third-order valence-corrected chi connectivity index (χ3v) is 6.13. The molecule has 2 aromatic carbocycles. The first-order chi connectivity index (χ1) is 14.8. The SMILES string of the molecule is O=C(COc1ccc(Cl)c(F)c1)NC12CC(c3nnc(Oc4ccc(Cl)cc4)o3)(C1)C2. The molecule has 0 aliphatic heterocycles. The van der Waals surface area contributed by atoms with Crippen LogP contribution in [0.3, 0.4) is 0 Å². The number of nitrogens with zero attached hydrogens (tertiary/aromatic N) is 2. The van der Waals surface area contributed by atoms with Gasteiger partial charge >= 0.3 is 6.08 Å². The van der Waals surface area contributed by atoms with Gasteiger partial charge in [0.1, 0.15) is 17.3 Å². The van der Waals surface area contributed by atoms with Gasteiger partial charge in [0.25, 0.3) is 5.91 Å². The number of nitrogens with one attached hydrogen (secondary N) is 1. The summed E-state index contributed by atoms with van der Waals surface area (Å²) in [5.41, 5.74) is -0.528. The molecule has 160 valence electrons. The second kappa shape index (κ2) is 7.39. The number of carbonyl (C=O) groups is 1. The molecule has 3 aliphatic rings. The lowest BCUT2D eigenvalue weighted by molar-refractivity contribution is -0.143. The molecule has 1 heterocycles. The van der Waals surface area contributed by atoms with E-state index in [1.165, 1.54) is 12.1 Å². The van der Waals surface area contributed by atoms with Gasteiger partial charge in [-0.05, 0) is 55.7 Å². The molecule has 0 saturated heterocycles. The van der Waals surface area contributed by atoms with Crippen molar-refractivity contribution in [2.24, 2.45) is 0 Å². The lowest BCUT2D eigenvalue weighted by Gasteiger charge is -2.68. The van der Waals surface area contributed by atoms with Crippen molar-refractivity contribution in [1.82, 2.24) is 15.5 Å². The fourth-order valence-corrected chi connectivity index (χ4v) is 4.51. The Hall–Kier alpha value is -2.84. The summed E-state index contributed by atoms with van der Waals surface area (Å²) in [5, 5.41) is 11.6. The Morgan fingerprint density at radius 2 is 1.81 bits per heavy atom. The molecule has 10 heteroatoms. The van der Waals surface area contributed by atoms with Crippen molar-refractivity contribution in [1.29, 1.82) is 0 Å². The number of carbonyl (C=O) groups excluding carboxylic acids is 1. The van der Waals surface area contributed by atoms with Crippen LogP contribution in [0.25, 0.3) is 0 Å². The van der Waals surface area contributed by atoms with E-state index >= 15 is 0 Å². The molecule has 1 amide bonds. The molecule has 1 N–H and O–H groups in total. The zero-order valence-corrected chi connectivity index (χ0v) is 17.5. The van der Waals surface area contributed by atoms with Crippen LogP contribution in [0, 0.1) is 5.82 Å². The Kier molecular flexibility index (Phi) is 4.79. The molecule has 3 aliphatic carbocycles. The molecule has 3 fully saturated rings. The first kappa shape index (κ1) is 20.1. The Morgan fingerprint density at radius 3 is 2.52 bits per heavy atom. The minimum atomic E-state index is -0.597. The highest BCUT2D eigenvalue weighted by Gasteiger charge is 2.71. The van der Waals surface area contributed by atoms with Gasteiger partial charge in [-0.1, -0.05) is 28.3 Å². The van der Waals surface area contributed by atoms with Crippen molar-refractivity contribution in [2.45, 2.75) is 30.2 Å². The van der Waals surface area contributed by atoms with Crippen molar-refractivity contribution in [3.63, 3.8) is 0 Å². The first-order valence-electron chi connectivity index (χ1n) is 9.51. The van der Waals surface area contributed by atoms with Crippen LogP contribution >= 0.6 is 23.2 Å². The fraction of sp³-hybridized carbons (Fsp3) is 0.286. The third-order valence-electron chi connectivity index (χ3n) is 5.57. The predicted molar refractivity (Wildman–Crippen MR) is 109 cm³/mol. The normalized spacial score (nSPS) is 23.5. The van der Waals surface area contributed by atoms with Crippen molar-refractivity contribution in [3.8, 4) is 17.6 Å². The van der Waals surface area contributed by atoms with E-state index in [4.69, 9.17) is 37.1 Å². The van der Waals surface area contributed by atoms with Crippen LogP contribution in [0.15, 0.2) is 46.9 Å². The van der Waals surface area contributed by atoms with Crippen molar-refractivity contribution < 1.29 is 23.1 Å². The lowest BCUT2D eigenvalue weighted by atomic mass is 9.39. The molecule has 0 atom stereocenters. The summed E-state index contributed by atoms with van der Waals surface area (Å²) in [5.74, 6) is 0.410. The standard InChI is InChI=1S/C21H16Cl2FN3O4/c22-12-1-3-13(4-2-12)30-19-27-26-18(31-19)20-9-21(10-20,11-20)25-17(28)8-29-14-5-6-15(23)16(24)7-14/h1-7H,8-11H2,(H,25,28). The Balaban J connectivity index is 1.12. The quantitative estimate of drug-likeness (QED) is 0.547. The van der Waals surface area contributed by atoms with Crippen LogP contribution < -0.4 is 14.8 Å². The average Bonchev–Trinajstić information content (AvgIpc) is 3.14. The lowest BCUT2D eigenvalue weighted by Crippen LogP contribution is -2.77. The molecule has 0 unspecified atom stereocenters. The molecule has 6 rings (SSSR count). The van der Waals surface area contributed by atoms with Gasteiger partial charge in [-0.3, -0.25) is 4.79 Å². The molecule has 0 radical (unpaired) electrons. The van der Waals surface area contributed by atoms with Gasteiger partial charge in [0, 0.05) is 16.6 Å². The van der Waals surface area contributed by atoms with E-state index < -0.39 is 5.82 Å². The molecule has 1 aromatic heterocycles. The number of hydrogen-bond donors (Lipinski definition) is 1. The average molecular weight is 464 g/mol. The van der Waals surface area contributed by atoms with E-state index in [9.17, 15) is 9.18 Å². The summed E-state index contributed by atoms with van der Waals surface area (Å²) in [6.07, 6.45) is 2.15. The molecule has 3 aromatic rings. The number of aromatic nitrogens is 2. The van der Waals surface area contributed by atoms with E-state index in [1.807, 2.05) is 0 Å². The van der Waals surface area contributed by atoms with E-state index in [0.717, 1.165) is 6.07 Å². The van der Waals surface area contributed by atoms with Crippen LogP contribution in [0.4, 0.5) is 4.39 Å². The monoisotopic (exact) mass is 463 g/mol. The van der Waals surface area contributed by atoms with Crippen LogP contribution in [-0.4, -0.2) is 28.3 Å². The van der Waals surface area contributed by atoms with E-state index in [-0.39, 0.29) is 40.3 Å². The molecular weight excluding hydrogens is 448 g/mol. The molecule has 31 heavy (non-hydrogen) atoms. The molecule has 7 nitrogen and oxygen atoms in total. The number of rotatable bonds is 7. The van der Waals surface area contributed by atoms with Crippen LogP contribution in [0.1, 0.15) is 25.2 Å². The van der Waals surface area contributed by atoms with Crippen molar-refractivity contribution in [2.75, 3.05) is 6.61 Å².